The van der Waals surface area contributed by atoms with Gasteiger partial charge in [0.2, 0.25) is 5.91 Å². The van der Waals surface area contributed by atoms with Gasteiger partial charge in [0.05, 0.1) is 33.1 Å². The Balaban J connectivity index is 1.36. The molecule has 10 nitrogen and oxygen atoms in total. The molecule has 3 aromatic rings. The van der Waals surface area contributed by atoms with Crippen LogP contribution in [0.3, 0.4) is 0 Å². The van der Waals surface area contributed by atoms with Crippen molar-refractivity contribution in [2.75, 3.05) is 42.1 Å². The Bertz CT molecular complexity index is 1710. The van der Waals surface area contributed by atoms with Crippen molar-refractivity contribution >= 4 is 50.2 Å². The van der Waals surface area contributed by atoms with Gasteiger partial charge in [0.15, 0.2) is 11.6 Å². The Labute approximate surface area is 251 Å². The summed E-state index contributed by atoms with van der Waals surface area (Å²) in [5.41, 5.74) is 9.64. The van der Waals surface area contributed by atoms with Crippen LogP contribution in [0.4, 0.5) is 22.7 Å². The maximum atomic E-state index is 13.8. The van der Waals surface area contributed by atoms with Gasteiger partial charge in [-0.2, -0.15) is 0 Å². The van der Waals surface area contributed by atoms with Crippen LogP contribution in [0, 0.1) is 0 Å². The van der Waals surface area contributed by atoms with Gasteiger partial charge in [0.25, 0.3) is 10.0 Å². The second kappa shape index (κ2) is 11.5. The van der Waals surface area contributed by atoms with Crippen molar-refractivity contribution in [3.8, 4) is 0 Å². The van der Waals surface area contributed by atoms with Gasteiger partial charge in [-0.05, 0) is 43.2 Å². The first-order chi connectivity index (χ1) is 20.6. The fraction of sp³-hybridized carbons (Fsp3) is 0.344. The molecule has 1 amide bonds. The predicted molar refractivity (Wildman–Crippen MR) is 166 cm³/mol. The zero-order valence-corrected chi connectivity index (χ0v) is 24.9. The van der Waals surface area contributed by atoms with Gasteiger partial charge < -0.3 is 16.0 Å². The minimum atomic E-state index is -4.01. The lowest BCUT2D eigenvalue weighted by Crippen LogP contribution is -2.51. The molecule has 0 aromatic heterocycles. The SMILES string of the molecule is CC(=O)NS(=O)(=O)c1ccc(Nc2cc(N3CCN(C4CCCCC4)CC3)c(N)c3c2C(=O)c2ccccc2C3=O)cc1. The topological polar surface area (TPSA) is 142 Å². The molecule has 11 heteroatoms. The van der Waals surface area contributed by atoms with Crippen molar-refractivity contribution in [1.29, 1.82) is 0 Å². The van der Waals surface area contributed by atoms with Crippen LogP contribution in [-0.4, -0.2) is 63.0 Å². The Kier molecular flexibility index (Phi) is 7.70. The van der Waals surface area contributed by atoms with E-state index in [0.29, 0.717) is 34.2 Å². The first-order valence-electron chi connectivity index (χ1n) is 14.7. The summed E-state index contributed by atoms with van der Waals surface area (Å²) in [6.45, 7) is 4.40. The monoisotopic (exact) mass is 601 g/mol. The Morgan fingerprint density at radius 1 is 0.860 bits per heavy atom. The highest BCUT2D eigenvalue weighted by Crippen LogP contribution is 2.42. The summed E-state index contributed by atoms with van der Waals surface area (Å²) in [5.74, 6) is -1.30. The number of carbonyl (C=O) groups is 3. The van der Waals surface area contributed by atoms with Gasteiger partial charge in [-0.15, -0.1) is 0 Å². The van der Waals surface area contributed by atoms with E-state index in [1.807, 2.05) is 10.8 Å². The van der Waals surface area contributed by atoms with Crippen LogP contribution in [0.15, 0.2) is 59.5 Å². The van der Waals surface area contributed by atoms with Crippen molar-refractivity contribution in [1.82, 2.24) is 9.62 Å². The molecule has 4 N–H and O–H groups in total. The number of fused-ring (bicyclic) bond motifs is 2. The number of hydrogen-bond donors (Lipinski definition) is 3. The van der Waals surface area contributed by atoms with Crippen LogP contribution < -0.4 is 20.7 Å². The van der Waals surface area contributed by atoms with E-state index in [2.05, 4.69) is 15.1 Å². The summed E-state index contributed by atoms with van der Waals surface area (Å²) < 4.78 is 26.8. The number of amides is 1. The van der Waals surface area contributed by atoms with E-state index in [0.717, 1.165) is 33.1 Å². The Morgan fingerprint density at radius 3 is 2.07 bits per heavy atom. The average Bonchev–Trinajstić information content (AvgIpc) is 3.01. The van der Waals surface area contributed by atoms with Gasteiger partial charge in [-0.3, -0.25) is 19.3 Å². The zero-order valence-electron chi connectivity index (χ0n) is 24.1. The molecule has 3 aliphatic rings. The van der Waals surface area contributed by atoms with Gasteiger partial charge in [-0.1, -0.05) is 43.5 Å². The minimum Gasteiger partial charge on any atom is -0.396 e. The quantitative estimate of drug-likeness (QED) is 0.279. The summed E-state index contributed by atoms with van der Waals surface area (Å²) in [5, 5.41) is 3.25. The molecule has 6 rings (SSSR count). The van der Waals surface area contributed by atoms with E-state index in [1.165, 1.54) is 44.2 Å². The molecule has 1 heterocycles. The third kappa shape index (κ3) is 5.50. The lowest BCUT2D eigenvalue weighted by Gasteiger charge is -2.42. The summed E-state index contributed by atoms with van der Waals surface area (Å²) in [7, 11) is -4.01. The highest BCUT2D eigenvalue weighted by Gasteiger charge is 2.36. The zero-order chi connectivity index (χ0) is 30.3. The molecular weight excluding hydrogens is 566 g/mol. The third-order valence-electron chi connectivity index (χ3n) is 8.68. The number of piperazine rings is 1. The highest BCUT2D eigenvalue weighted by atomic mass is 32.2. The molecule has 0 spiro atoms. The maximum absolute atomic E-state index is 13.8. The molecule has 1 saturated heterocycles. The van der Waals surface area contributed by atoms with Crippen molar-refractivity contribution < 1.29 is 22.8 Å². The summed E-state index contributed by atoms with van der Waals surface area (Å²) >= 11 is 0. The lowest BCUT2D eigenvalue weighted by molar-refractivity contribution is -0.117. The number of sulfonamides is 1. The van der Waals surface area contributed by atoms with E-state index in [-0.39, 0.29) is 33.3 Å². The van der Waals surface area contributed by atoms with Crippen LogP contribution in [-0.2, 0) is 14.8 Å². The number of nitrogens with zero attached hydrogens (tertiary/aromatic N) is 2. The molecule has 2 aliphatic carbocycles. The van der Waals surface area contributed by atoms with Crippen molar-refractivity contribution in [3.63, 3.8) is 0 Å². The number of nitrogens with one attached hydrogen (secondary N) is 2. The largest absolute Gasteiger partial charge is 0.396 e. The van der Waals surface area contributed by atoms with Crippen molar-refractivity contribution in [2.24, 2.45) is 0 Å². The standard InChI is InChI=1S/C32H35N5O5S/c1-20(38)35-43(41,42)23-13-11-21(12-14-23)34-26-19-27(37-17-15-36(16-18-37)22-7-3-2-4-8-22)30(33)29-28(26)31(39)24-9-5-6-10-25(24)32(29)40/h5-6,9-14,19,22,34H,2-4,7-8,15-18,33H2,1H3,(H,35,38). The third-order valence-corrected chi connectivity index (χ3v) is 10.1. The van der Waals surface area contributed by atoms with E-state index >= 15 is 0 Å². The van der Waals surface area contributed by atoms with Crippen LogP contribution >= 0.6 is 0 Å². The van der Waals surface area contributed by atoms with Crippen molar-refractivity contribution in [3.05, 3.63) is 76.9 Å². The second-order valence-corrected chi connectivity index (χ2v) is 13.1. The molecule has 2 fully saturated rings. The van der Waals surface area contributed by atoms with Crippen LogP contribution in [0.5, 0.6) is 0 Å². The number of nitrogens with two attached hydrogens (primary N) is 1. The molecule has 43 heavy (non-hydrogen) atoms. The van der Waals surface area contributed by atoms with Gasteiger partial charge in [-0.25, -0.2) is 13.1 Å². The maximum Gasteiger partial charge on any atom is 0.264 e. The highest BCUT2D eigenvalue weighted by molar-refractivity contribution is 7.90. The fourth-order valence-corrected chi connectivity index (χ4v) is 7.55. The first kappa shape index (κ1) is 28.9. The Hall–Kier alpha value is -4.22. The average molecular weight is 602 g/mol. The molecule has 0 atom stereocenters. The minimum absolute atomic E-state index is 0.0794. The van der Waals surface area contributed by atoms with Gasteiger partial charge in [0, 0.05) is 56.0 Å². The van der Waals surface area contributed by atoms with E-state index in [4.69, 9.17) is 5.73 Å². The van der Waals surface area contributed by atoms with E-state index in [1.54, 1.807) is 36.4 Å². The lowest BCUT2D eigenvalue weighted by atomic mass is 9.81. The number of hydrogen-bond acceptors (Lipinski definition) is 9. The van der Waals surface area contributed by atoms with E-state index in [9.17, 15) is 22.8 Å². The molecular formula is C32H35N5O5S. The second-order valence-electron chi connectivity index (χ2n) is 11.4. The predicted octanol–water partition coefficient (Wildman–Crippen LogP) is 4.07. The molecule has 1 saturated carbocycles. The summed E-state index contributed by atoms with van der Waals surface area (Å²) in [6.07, 6.45) is 6.32. The summed E-state index contributed by atoms with van der Waals surface area (Å²) in [6, 6.07) is 15.0. The number of carbonyl (C=O) groups excluding carboxylic acids is 3. The normalized spacial score (nSPS) is 17.7. The molecule has 1 aliphatic heterocycles. The van der Waals surface area contributed by atoms with Crippen LogP contribution in [0.1, 0.15) is 70.9 Å². The fourth-order valence-electron chi connectivity index (χ4n) is 6.56. The number of nitrogen functional groups attached to an aromatic ring is 1. The molecule has 0 bridgehead atoms. The Morgan fingerprint density at radius 2 is 1.47 bits per heavy atom. The van der Waals surface area contributed by atoms with E-state index < -0.39 is 15.9 Å². The van der Waals surface area contributed by atoms with Crippen LogP contribution in [0.2, 0.25) is 0 Å². The van der Waals surface area contributed by atoms with Crippen molar-refractivity contribution in [2.45, 2.75) is 50.0 Å². The molecule has 0 radical (unpaired) electrons. The van der Waals surface area contributed by atoms with Crippen LogP contribution in [0.25, 0.3) is 0 Å². The number of rotatable bonds is 6. The van der Waals surface area contributed by atoms with Gasteiger partial charge in [0.1, 0.15) is 0 Å². The van der Waals surface area contributed by atoms with Gasteiger partial charge >= 0.3 is 0 Å². The molecule has 0 unspecified atom stereocenters. The smallest absolute Gasteiger partial charge is 0.264 e. The molecule has 3 aromatic carbocycles. The molecule has 224 valence electrons. The summed E-state index contributed by atoms with van der Waals surface area (Å²) in [4.78, 5) is 43.6. The first-order valence-corrected chi connectivity index (χ1v) is 16.2. The number of ketones is 2. The number of benzene rings is 3. The number of anilines is 4.